The van der Waals surface area contributed by atoms with Crippen LogP contribution in [0.2, 0.25) is 0 Å². The van der Waals surface area contributed by atoms with Gasteiger partial charge in [-0.25, -0.2) is 4.79 Å². The third-order valence-corrected chi connectivity index (χ3v) is 2.81. The molecule has 2 aliphatic rings. The fraction of sp³-hybridized carbons (Fsp3) is 0.154. The molecule has 3 rings (SSSR count). The van der Waals surface area contributed by atoms with Gasteiger partial charge in [-0.1, -0.05) is 30.3 Å². The van der Waals surface area contributed by atoms with Crippen molar-refractivity contribution in [1.29, 1.82) is 0 Å². The van der Waals surface area contributed by atoms with Crippen LogP contribution in [0.5, 0.6) is 0 Å². The summed E-state index contributed by atoms with van der Waals surface area (Å²) >= 11 is 0. The Balaban J connectivity index is 2.08. The molecule has 1 unspecified atom stereocenters. The van der Waals surface area contributed by atoms with Crippen LogP contribution in [-0.2, 0) is 16.0 Å². The smallest absolute Gasteiger partial charge is 0.331 e. The summed E-state index contributed by atoms with van der Waals surface area (Å²) in [7, 11) is 0. The SMILES string of the molecule is O=C1C=C2Cc3ccccc3C=CC2O1. The summed E-state index contributed by atoms with van der Waals surface area (Å²) in [6.07, 6.45) is 6.24. The van der Waals surface area contributed by atoms with Gasteiger partial charge in [0.1, 0.15) is 6.10 Å². The van der Waals surface area contributed by atoms with E-state index in [2.05, 4.69) is 12.1 Å². The van der Waals surface area contributed by atoms with E-state index in [-0.39, 0.29) is 12.1 Å². The van der Waals surface area contributed by atoms with Crippen LogP contribution in [0.25, 0.3) is 6.08 Å². The van der Waals surface area contributed by atoms with E-state index >= 15 is 0 Å². The third kappa shape index (κ3) is 1.38. The number of benzene rings is 1. The third-order valence-electron chi connectivity index (χ3n) is 2.81. The first-order valence-electron chi connectivity index (χ1n) is 5.00. The fourth-order valence-corrected chi connectivity index (χ4v) is 2.05. The van der Waals surface area contributed by atoms with Gasteiger partial charge in [-0.3, -0.25) is 0 Å². The first-order valence-corrected chi connectivity index (χ1v) is 5.00. The molecule has 1 aliphatic heterocycles. The minimum atomic E-state index is -0.223. The molecule has 0 bridgehead atoms. The van der Waals surface area contributed by atoms with Crippen LogP contribution in [0.4, 0.5) is 0 Å². The van der Waals surface area contributed by atoms with Crippen molar-refractivity contribution in [2.24, 2.45) is 0 Å². The minimum absolute atomic E-state index is 0.148. The first-order chi connectivity index (χ1) is 7.33. The van der Waals surface area contributed by atoms with Crippen molar-refractivity contribution in [2.75, 3.05) is 0 Å². The molecular formula is C13H10O2. The molecule has 2 heteroatoms. The number of hydrogen-bond acceptors (Lipinski definition) is 2. The van der Waals surface area contributed by atoms with E-state index < -0.39 is 0 Å². The molecule has 0 aromatic heterocycles. The van der Waals surface area contributed by atoms with Crippen LogP contribution in [0.1, 0.15) is 11.1 Å². The molecule has 0 spiro atoms. The van der Waals surface area contributed by atoms with Crippen LogP contribution in [-0.4, -0.2) is 12.1 Å². The molecule has 0 N–H and O–H groups in total. The van der Waals surface area contributed by atoms with Crippen LogP contribution in [0.15, 0.2) is 42.0 Å². The molecule has 0 saturated carbocycles. The van der Waals surface area contributed by atoms with E-state index in [1.165, 1.54) is 11.1 Å². The van der Waals surface area contributed by atoms with Crippen molar-refractivity contribution in [3.8, 4) is 0 Å². The van der Waals surface area contributed by atoms with Gasteiger partial charge in [-0.05, 0) is 29.2 Å². The maximum Gasteiger partial charge on any atom is 0.331 e. The maximum atomic E-state index is 11.1. The average Bonchev–Trinajstić information content (AvgIpc) is 2.49. The standard InChI is InChI=1S/C13H10O2/c14-13-8-11-7-10-4-2-1-3-9(10)5-6-12(11)15-13/h1-6,8,12H,7H2. The van der Waals surface area contributed by atoms with E-state index in [0.717, 1.165) is 12.0 Å². The summed E-state index contributed by atoms with van der Waals surface area (Å²) < 4.78 is 5.16. The summed E-state index contributed by atoms with van der Waals surface area (Å²) in [5.41, 5.74) is 3.52. The highest BCUT2D eigenvalue weighted by atomic mass is 16.5. The molecule has 2 nitrogen and oxygen atoms in total. The highest BCUT2D eigenvalue weighted by molar-refractivity contribution is 5.87. The molecule has 0 amide bonds. The lowest BCUT2D eigenvalue weighted by molar-refractivity contribution is -0.137. The molecule has 1 aromatic carbocycles. The van der Waals surface area contributed by atoms with E-state index in [1.54, 1.807) is 6.08 Å². The lowest BCUT2D eigenvalue weighted by Crippen LogP contribution is -2.08. The highest BCUT2D eigenvalue weighted by Gasteiger charge is 2.25. The zero-order valence-electron chi connectivity index (χ0n) is 8.14. The molecule has 0 fully saturated rings. The molecule has 1 aliphatic carbocycles. The van der Waals surface area contributed by atoms with Crippen LogP contribution in [0, 0.1) is 0 Å². The molecule has 0 radical (unpaired) electrons. The topological polar surface area (TPSA) is 26.3 Å². The van der Waals surface area contributed by atoms with Gasteiger partial charge in [0.15, 0.2) is 0 Å². The van der Waals surface area contributed by atoms with E-state index in [1.807, 2.05) is 24.3 Å². The van der Waals surface area contributed by atoms with Crippen molar-refractivity contribution in [3.63, 3.8) is 0 Å². The van der Waals surface area contributed by atoms with Gasteiger partial charge in [0, 0.05) is 6.08 Å². The Kier molecular flexibility index (Phi) is 1.75. The lowest BCUT2D eigenvalue weighted by atomic mass is 10.0. The number of carbonyl (C=O) groups is 1. The van der Waals surface area contributed by atoms with Crippen molar-refractivity contribution >= 4 is 12.0 Å². The number of ether oxygens (including phenoxy) is 1. The predicted molar refractivity (Wildman–Crippen MR) is 57.1 cm³/mol. The second-order valence-electron chi connectivity index (χ2n) is 3.81. The number of carbonyl (C=O) groups excluding carboxylic acids is 1. The van der Waals surface area contributed by atoms with E-state index in [4.69, 9.17) is 4.74 Å². The molecule has 1 atom stereocenters. The van der Waals surface area contributed by atoms with E-state index in [0.29, 0.717) is 0 Å². The minimum Gasteiger partial charge on any atom is -0.450 e. The average molecular weight is 198 g/mol. The Bertz CT molecular complexity index is 483. The molecule has 15 heavy (non-hydrogen) atoms. The van der Waals surface area contributed by atoms with Gasteiger partial charge in [-0.2, -0.15) is 0 Å². The molecule has 0 saturated heterocycles. The second-order valence-corrected chi connectivity index (χ2v) is 3.81. The number of rotatable bonds is 0. The van der Waals surface area contributed by atoms with Gasteiger partial charge in [-0.15, -0.1) is 0 Å². The quantitative estimate of drug-likeness (QED) is 0.597. The van der Waals surface area contributed by atoms with Gasteiger partial charge in [0.2, 0.25) is 0 Å². The normalized spacial score (nSPS) is 22.5. The summed E-state index contributed by atoms with van der Waals surface area (Å²) in [4.78, 5) is 11.1. The Morgan fingerprint density at radius 1 is 1.27 bits per heavy atom. The van der Waals surface area contributed by atoms with Crippen molar-refractivity contribution in [2.45, 2.75) is 12.5 Å². The molecule has 1 aromatic rings. The monoisotopic (exact) mass is 198 g/mol. The van der Waals surface area contributed by atoms with Crippen LogP contribution >= 0.6 is 0 Å². The highest BCUT2D eigenvalue weighted by Crippen LogP contribution is 2.27. The molecule has 74 valence electrons. The largest absolute Gasteiger partial charge is 0.450 e. The summed E-state index contributed by atoms with van der Waals surface area (Å²) in [6, 6.07) is 8.21. The van der Waals surface area contributed by atoms with Crippen molar-refractivity contribution < 1.29 is 9.53 Å². The summed E-state index contributed by atoms with van der Waals surface area (Å²) in [6.45, 7) is 0. The fourth-order valence-electron chi connectivity index (χ4n) is 2.05. The van der Waals surface area contributed by atoms with Crippen molar-refractivity contribution in [3.05, 3.63) is 53.1 Å². The predicted octanol–water partition coefficient (Wildman–Crippen LogP) is 2.11. The van der Waals surface area contributed by atoms with Crippen LogP contribution < -0.4 is 0 Å². The van der Waals surface area contributed by atoms with Crippen molar-refractivity contribution in [1.82, 2.24) is 0 Å². The van der Waals surface area contributed by atoms with Gasteiger partial charge in [0.25, 0.3) is 0 Å². The Labute approximate surface area is 87.9 Å². The lowest BCUT2D eigenvalue weighted by Gasteiger charge is -2.07. The van der Waals surface area contributed by atoms with Gasteiger partial charge < -0.3 is 4.74 Å². The van der Waals surface area contributed by atoms with Crippen LogP contribution in [0.3, 0.4) is 0 Å². The number of hydrogen-bond donors (Lipinski definition) is 0. The first kappa shape index (κ1) is 8.48. The Hall–Kier alpha value is -1.83. The van der Waals surface area contributed by atoms with Gasteiger partial charge in [0.05, 0.1) is 0 Å². The molecule has 1 heterocycles. The second kappa shape index (κ2) is 3.09. The zero-order chi connectivity index (χ0) is 10.3. The molecular weight excluding hydrogens is 188 g/mol. The summed E-state index contributed by atoms with van der Waals surface area (Å²) in [5.74, 6) is -0.223. The summed E-state index contributed by atoms with van der Waals surface area (Å²) in [5, 5.41) is 0. The number of fused-ring (bicyclic) bond motifs is 2. The Morgan fingerprint density at radius 2 is 2.13 bits per heavy atom. The van der Waals surface area contributed by atoms with E-state index in [9.17, 15) is 4.79 Å². The van der Waals surface area contributed by atoms with Gasteiger partial charge >= 0.3 is 5.97 Å². The Morgan fingerprint density at radius 3 is 3.07 bits per heavy atom. The zero-order valence-corrected chi connectivity index (χ0v) is 8.14. The maximum absolute atomic E-state index is 11.1. The number of esters is 1.